The zero-order valence-corrected chi connectivity index (χ0v) is 15.3. The van der Waals surface area contributed by atoms with E-state index in [0.717, 1.165) is 25.9 Å². The molecule has 0 spiro atoms. The van der Waals surface area contributed by atoms with Crippen molar-refractivity contribution in [1.29, 1.82) is 0 Å². The van der Waals surface area contributed by atoms with Crippen LogP contribution >= 0.6 is 12.4 Å². The van der Waals surface area contributed by atoms with E-state index in [-0.39, 0.29) is 24.2 Å². The molecule has 6 heteroatoms. The summed E-state index contributed by atoms with van der Waals surface area (Å²) in [4.78, 5) is 26.9. The molecule has 2 rings (SSSR count). The molecule has 1 saturated heterocycles. The summed E-state index contributed by atoms with van der Waals surface area (Å²) in [6, 6.07) is 9.28. The van der Waals surface area contributed by atoms with Crippen LogP contribution < -0.4 is 10.6 Å². The van der Waals surface area contributed by atoms with Crippen molar-refractivity contribution in [2.45, 2.75) is 26.7 Å². The van der Waals surface area contributed by atoms with Crippen LogP contribution in [0, 0.1) is 5.41 Å². The molecule has 1 aromatic rings. The maximum absolute atomic E-state index is 12.6. The maximum atomic E-state index is 12.6. The molecule has 24 heavy (non-hydrogen) atoms. The number of rotatable bonds is 6. The number of carbonyl (C=O) groups excluding carboxylic acids is 2. The second kappa shape index (κ2) is 9.64. The normalized spacial score (nSPS) is 20.2. The number of hydrogen-bond acceptors (Lipinski definition) is 3. The Hall–Kier alpha value is -1.59. The minimum atomic E-state index is -0.505. The highest BCUT2D eigenvalue weighted by Gasteiger charge is 2.39. The summed E-state index contributed by atoms with van der Waals surface area (Å²) < 4.78 is 0. The van der Waals surface area contributed by atoms with Gasteiger partial charge in [-0.25, -0.2) is 0 Å². The molecule has 0 aromatic heterocycles. The first-order valence-corrected chi connectivity index (χ1v) is 8.40. The van der Waals surface area contributed by atoms with Crippen LogP contribution in [-0.4, -0.2) is 49.4 Å². The number of likely N-dealkylation sites (tertiary alicyclic amines) is 1. The number of hydrogen-bond donors (Lipinski definition) is 2. The zero-order valence-electron chi connectivity index (χ0n) is 14.5. The van der Waals surface area contributed by atoms with Gasteiger partial charge in [-0.2, -0.15) is 0 Å². The van der Waals surface area contributed by atoms with Crippen LogP contribution in [0.4, 0.5) is 0 Å². The Kier molecular flexibility index (Phi) is 8.22. The van der Waals surface area contributed by atoms with E-state index < -0.39 is 5.41 Å². The molecule has 134 valence electrons. The third-order valence-corrected chi connectivity index (χ3v) is 4.39. The van der Waals surface area contributed by atoms with Crippen molar-refractivity contribution in [3.05, 3.63) is 35.9 Å². The number of likely N-dealkylation sites (N-methyl/N-ethyl adjacent to an activating group) is 1. The average molecular weight is 354 g/mol. The van der Waals surface area contributed by atoms with Crippen LogP contribution in [-0.2, 0) is 4.79 Å². The monoisotopic (exact) mass is 353 g/mol. The number of nitrogens with one attached hydrogen (secondary N) is 2. The highest BCUT2D eigenvalue weighted by atomic mass is 35.5. The van der Waals surface area contributed by atoms with Crippen molar-refractivity contribution in [3.63, 3.8) is 0 Å². The predicted octanol–water partition coefficient (Wildman–Crippen LogP) is 2.08. The first-order chi connectivity index (χ1) is 11.1. The maximum Gasteiger partial charge on any atom is 0.253 e. The van der Waals surface area contributed by atoms with Gasteiger partial charge in [0.1, 0.15) is 0 Å². The summed E-state index contributed by atoms with van der Waals surface area (Å²) in [6.07, 6.45) is 1.67. The molecule has 0 radical (unpaired) electrons. The molecule has 0 aliphatic carbocycles. The number of piperidine rings is 1. The van der Waals surface area contributed by atoms with Crippen molar-refractivity contribution in [1.82, 2.24) is 15.5 Å². The number of halogens is 1. The van der Waals surface area contributed by atoms with Crippen LogP contribution in [0.3, 0.4) is 0 Å². The first-order valence-electron chi connectivity index (χ1n) is 8.40. The standard InChI is InChI=1S/C18H27N3O2.ClH/c1-3-19-11-12-20-17(23)18(2)10-7-13-21(14-18)16(22)15-8-5-4-6-9-15;/h4-6,8-9,19H,3,7,10-14H2,1-2H3,(H,20,23);1H. The lowest BCUT2D eigenvalue weighted by atomic mass is 9.80. The topological polar surface area (TPSA) is 61.4 Å². The third-order valence-electron chi connectivity index (χ3n) is 4.39. The van der Waals surface area contributed by atoms with Gasteiger partial charge in [-0.3, -0.25) is 9.59 Å². The summed E-state index contributed by atoms with van der Waals surface area (Å²) in [5.74, 6) is 0.0536. The summed E-state index contributed by atoms with van der Waals surface area (Å²) in [5, 5.41) is 6.18. The smallest absolute Gasteiger partial charge is 0.253 e. The lowest BCUT2D eigenvalue weighted by Gasteiger charge is -2.39. The number of amides is 2. The van der Waals surface area contributed by atoms with E-state index >= 15 is 0 Å². The largest absolute Gasteiger partial charge is 0.354 e. The molecule has 0 saturated carbocycles. The number of carbonyl (C=O) groups is 2. The minimum Gasteiger partial charge on any atom is -0.354 e. The van der Waals surface area contributed by atoms with Gasteiger partial charge in [0.15, 0.2) is 0 Å². The Morgan fingerprint density at radius 2 is 1.92 bits per heavy atom. The second-order valence-electron chi connectivity index (χ2n) is 6.37. The Balaban J connectivity index is 0.00000288. The highest BCUT2D eigenvalue weighted by Crippen LogP contribution is 2.30. The van der Waals surface area contributed by atoms with Crippen molar-refractivity contribution in [2.24, 2.45) is 5.41 Å². The Morgan fingerprint density at radius 3 is 2.58 bits per heavy atom. The van der Waals surface area contributed by atoms with E-state index in [1.54, 1.807) is 0 Å². The Bertz CT molecular complexity index is 538. The van der Waals surface area contributed by atoms with Gasteiger partial charge >= 0.3 is 0 Å². The molecular formula is C18H28ClN3O2. The van der Waals surface area contributed by atoms with Crippen LogP contribution in [0.25, 0.3) is 0 Å². The minimum absolute atomic E-state index is 0. The van der Waals surface area contributed by atoms with E-state index in [2.05, 4.69) is 10.6 Å². The van der Waals surface area contributed by atoms with Gasteiger partial charge in [0.05, 0.1) is 5.41 Å². The van der Waals surface area contributed by atoms with E-state index in [9.17, 15) is 9.59 Å². The van der Waals surface area contributed by atoms with Crippen molar-refractivity contribution in [2.75, 3.05) is 32.7 Å². The molecule has 2 N–H and O–H groups in total. The molecule has 1 unspecified atom stereocenters. The summed E-state index contributed by atoms with van der Waals surface area (Å²) in [7, 11) is 0. The Morgan fingerprint density at radius 1 is 1.21 bits per heavy atom. The van der Waals surface area contributed by atoms with Gasteiger partial charge in [-0.1, -0.05) is 25.1 Å². The summed E-state index contributed by atoms with van der Waals surface area (Å²) in [5.41, 5.74) is 0.179. The highest BCUT2D eigenvalue weighted by molar-refractivity contribution is 5.95. The van der Waals surface area contributed by atoms with Crippen LogP contribution in [0.2, 0.25) is 0 Å². The average Bonchev–Trinajstić information content (AvgIpc) is 2.58. The number of nitrogens with zero attached hydrogens (tertiary/aromatic N) is 1. The lowest BCUT2D eigenvalue weighted by molar-refractivity contribution is -0.132. The van der Waals surface area contributed by atoms with E-state index in [1.165, 1.54) is 0 Å². The molecule has 1 fully saturated rings. The van der Waals surface area contributed by atoms with E-state index in [1.807, 2.05) is 49.1 Å². The predicted molar refractivity (Wildman–Crippen MR) is 98.5 cm³/mol. The summed E-state index contributed by atoms with van der Waals surface area (Å²) in [6.45, 7) is 7.48. The van der Waals surface area contributed by atoms with Gasteiger partial charge in [-0.05, 0) is 38.4 Å². The molecule has 0 bridgehead atoms. The van der Waals surface area contributed by atoms with Gasteiger partial charge < -0.3 is 15.5 Å². The van der Waals surface area contributed by atoms with Gasteiger partial charge in [0.25, 0.3) is 5.91 Å². The van der Waals surface area contributed by atoms with Crippen LogP contribution in [0.5, 0.6) is 0 Å². The van der Waals surface area contributed by atoms with Crippen molar-refractivity contribution in [3.8, 4) is 0 Å². The van der Waals surface area contributed by atoms with Crippen molar-refractivity contribution < 1.29 is 9.59 Å². The van der Waals surface area contributed by atoms with Gasteiger partial charge in [0.2, 0.25) is 5.91 Å². The zero-order chi connectivity index (χ0) is 16.7. The number of benzene rings is 1. The molecular weight excluding hydrogens is 326 g/mol. The van der Waals surface area contributed by atoms with Crippen LogP contribution in [0.15, 0.2) is 30.3 Å². The molecule has 1 aliphatic rings. The molecule has 2 amide bonds. The molecule has 5 nitrogen and oxygen atoms in total. The van der Waals surface area contributed by atoms with Gasteiger partial charge in [0, 0.05) is 31.7 Å². The van der Waals surface area contributed by atoms with Gasteiger partial charge in [-0.15, -0.1) is 12.4 Å². The molecule has 1 aromatic carbocycles. The summed E-state index contributed by atoms with van der Waals surface area (Å²) >= 11 is 0. The fraction of sp³-hybridized carbons (Fsp3) is 0.556. The van der Waals surface area contributed by atoms with E-state index in [4.69, 9.17) is 0 Å². The molecule has 1 aliphatic heterocycles. The fourth-order valence-electron chi connectivity index (χ4n) is 3.02. The molecule has 1 heterocycles. The Labute approximate surface area is 150 Å². The van der Waals surface area contributed by atoms with Crippen molar-refractivity contribution >= 4 is 24.2 Å². The second-order valence-corrected chi connectivity index (χ2v) is 6.37. The SMILES string of the molecule is CCNCCNC(=O)C1(C)CCCN(C(=O)c2ccccc2)C1.Cl. The lowest BCUT2D eigenvalue weighted by Crippen LogP contribution is -2.52. The fourth-order valence-corrected chi connectivity index (χ4v) is 3.02. The first kappa shape index (κ1) is 20.5. The quantitative estimate of drug-likeness (QED) is 0.770. The van der Waals surface area contributed by atoms with E-state index in [0.29, 0.717) is 25.2 Å². The third kappa shape index (κ3) is 5.21. The van der Waals surface area contributed by atoms with Crippen LogP contribution in [0.1, 0.15) is 37.0 Å². The molecule has 1 atom stereocenters.